The first-order chi connectivity index (χ1) is 8.66. The molecule has 0 saturated carbocycles. The zero-order valence-corrected chi connectivity index (χ0v) is 9.93. The minimum Gasteiger partial charge on any atom is -0.248 e. The van der Waals surface area contributed by atoms with Gasteiger partial charge in [0.05, 0.1) is 5.92 Å². The molecule has 1 unspecified atom stereocenters. The molecule has 0 fully saturated rings. The van der Waals surface area contributed by atoms with E-state index in [9.17, 15) is 9.59 Å². The summed E-state index contributed by atoms with van der Waals surface area (Å²) < 4.78 is 0. The lowest BCUT2D eigenvalue weighted by Crippen LogP contribution is -2.28. The lowest BCUT2D eigenvalue weighted by atomic mass is 9.74. The molecule has 2 aliphatic carbocycles. The molecule has 0 spiro atoms. The van der Waals surface area contributed by atoms with Gasteiger partial charge < -0.3 is 0 Å². The van der Waals surface area contributed by atoms with Gasteiger partial charge in [-0.1, -0.05) is 24.3 Å². The van der Waals surface area contributed by atoms with Gasteiger partial charge >= 0.3 is 11.9 Å². The number of benzene rings is 1. The van der Waals surface area contributed by atoms with Gasteiger partial charge in [0, 0.05) is 6.92 Å². The summed E-state index contributed by atoms with van der Waals surface area (Å²) in [4.78, 5) is 31.0. The Morgan fingerprint density at radius 1 is 1.22 bits per heavy atom. The standard InChI is InChI=1S/C14H12O4/c1-8(15)17-18-14(16)13-7-12-10-4-2-3-9(10)5-6-11(12)13/h2-3,5-6,13H,4,7H2,1H3. The van der Waals surface area contributed by atoms with Crippen LogP contribution in [0.4, 0.5) is 0 Å². The van der Waals surface area contributed by atoms with E-state index < -0.39 is 11.9 Å². The number of hydrogen-bond acceptors (Lipinski definition) is 4. The van der Waals surface area contributed by atoms with Crippen molar-refractivity contribution < 1.29 is 19.4 Å². The maximum absolute atomic E-state index is 11.7. The molecule has 2 aliphatic rings. The van der Waals surface area contributed by atoms with Crippen LogP contribution in [0.25, 0.3) is 6.08 Å². The Kier molecular flexibility index (Phi) is 2.44. The summed E-state index contributed by atoms with van der Waals surface area (Å²) in [6.45, 7) is 1.19. The van der Waals surface area contributed by atoms with E-state index in [0.717, 1.165) is 12.0 Å². The van der Waals surface area contributed by atoms with Crippen LogP contribution in [0.1, 0.15) is 35.1 Å². The van der Waals surface area contributed by atoms with Crippen LogP contribution in [-0.2, 0) is 32.2 Å². The maximum atomic E-state index is 11.7. The minimum absolute atomic E-state index is 0.301. The molecule has 18 heavy (non-hydrogen) atoms. The average molecular weight is 244 g/mol. The smallest absolute Gasteiger partial charge is 0.248 e. The first kappa shape index (κ1) is 11.0. The normalized spacial score (nSPS) is 18.6. The second kappa shape index (κ2) is 3.98. The molecule has 1 aromatic carbocycles. The second-order valence-corrected chi connectivity index (χ2v) is 4.54. The van der Waals surface area contributed by atoms with Crippen molar-refractivity contribution in [2.45, 2.75) is 25.7 Å². The van der Waals surface area contributed by atoms with Crippen LogP contribution < -0.4 is 0 Å². The van der Waals surface area contributed by atoms with Crippen molar-refractivity contribution >= 4 is 18.0 Å². The first-order valence-electron chi connectivity index (χ1n) is 5.87. The number of carbonyl (C=O) groups excluding carboxylic acids is 2. The van der Waals surface area contributed by atoms with Gasteiger partial charge in [0.2, 0.25) is 0 Å². The third-order valence-electron chi connectivity index (χ3n) is 3.43. The van der Waals surface area contributed by atoms with Gasteiger partial charge in [-0.3, -0.25) is 0 Å². The fraction of sp³-hybridized carbons (Fsp3) is 0.286. The van der Waals surface area contributed by atoms with E-state index in [4.69, 9.17) is 0 Å². The van der Waals surface area contributed by atoms with Crippen LogP contribution in [0.2, 0.25) is 0 Å². The molecule has 0 heterocycles. The summed E-state index contributed by atoms with van der Waals surface area (Å²) in [5.41, 5.74) is 4.78. The summed E-state index contributed by atoms with van der Waals surface area (Å²) in [5, 5.41) is 0. The van der Waals surface area contributed by atoms with Crippen molar-refractivity contribution in [2.75, 3.05) is 0 Å². The molecule has 92 valence electrons. The van der Waals surface area contributed by atoms with Crippen LogP contribution >= 0.6 is 0 Å². The molecule has 1 atom stereocenters. The van der Waals surface area contributed by atoms with Crippen molar-refractivity contribution in [1.82, 2.24) is 0 Å². The zero-order chi connectivity index (χ0) is 12.7. The first-order valence-corrected chi connectivity index (χ1v) is 5.87. The number of allylic oxidation sites excluding steroid dienone is 1. The van der Waals surface area contributed by atoms with Gasteiger partial charge in [-0.05, 0) is 35.1 Å². The van der Waals surface area contributed by atoms with Crippen molar-refractivity contribution in [1.29, 1.82) is 0 Å². The minimum atomic E-state index is -0.624. The van der Waals surface area contributed by atoms with Crippen molar-refractivity contribution in [3.8, 4) is 0 Å². The molecule has 3 rings (SSSR count). The molecule has 0 aromatic heterocycles. The monoisotopic (exact) mass is 244 g/mol. The highest BCUT2D eigenvalue weighted by Gasteiger charge is 2.37. The van der Waals surface area contributed by atoms with E-state index in [1.54, 1.807) is 0 Å². The van der Waals surface area contributed by atoms with Gasteiger partial charge in [-0.2, -0.15) is 0 Å². The van der Waals surface area contributed by atoms with Crippen LogP contribution in [-0.4, -0.2) is 11.9 Å². The van der Waals surface area contributed by atoms with Crippen LogP contribution in [0, 0.1) is 0 Å². The molecule has 4 nitrogen and oxygen atoms in total. The molecular formula is C14H12O4. The van der Waals surface area contributed by atoms with E-state index >= 15 is 0 Å². The quantitative estimate of drug-likeness (QED) is 0.559. The zero-order valence-electron chi connectivity index (χ0n) is 9.93. The molecule has 0 bridgehead atoms. The number of carbonyl (C=O) groups is 2. The molecule has 0 saturated heterocycles. The Hall–Kier alpha value is -2.10. The fourth-order valence-corrected chi connectivity index (χ4v) is 2.55. The lowest BCUT2D eigenvalue weighted by molar-refractivity contribution is -0.258. The Labute approximate surface area is 104 Å². The molecule has 4 heteroatoms. The Bertz CT molecular complexity index is 571. The van der Waals surface area contributed by atoms with E-state index in [0.29, 0.717) is 6.42 Å². The Morgan fingerprint density at radius 2 is 2.06 bits per heavy atom. The molecule has 1 aromatic rings. The van der Waals surface area contributed by atoms with Crippen molar-refractivity contribution in [3.05, 3.63) is 40.5 Å². The molecule has 0 amide bonds. The predicted molar refractivity (Wildman–Crippen MR) is 63.5 cm³/mol. The molecular weight excluding hydrogens is 232 g/mol. The van der Waals surface area contributed by atoms with E-state index in [2.05, 4.69) is 21.9 Å². The van der Waals surface area contributed by atoms with E-state index in [1.807, 2.05) is 12.1 Å². The summed E-state index contributed by atoms with van der Waals surface area (Å²) >= 11 is 0. The average Bonchev–Trinajstić information content (AvgIpc) is 2.74. The highest BCUT2D eigenvalue weighted by molar-refractivity contribution is 5.84. The molecule has 0 aliphatic heterocycles. The lowest BCUT2D eigenvalue weighted by Gasteiger charge is -2.29. The van der Waals surface area contributed by atoms with Gasteiger partial charge in [0.25, 0.3) is 0 Å². The highest BCUT2D eigenvalue weighted by Crippen LogP contribution is 2.41. The van der Waals surface area contributed by atoms with E-state index in [-0.39, 0.29) is 5.92 Å². The predicted octanol–water partition coefficient (Wildman–Crippen LogP) is 1.92. The van der Waals surface area contributed by atoms with Crippen LogP contribution in [0.15, 0.2) is 18.2 Å². The van der Waals surface area contributed by atoms with Crippen LogP contribution in [0.5, 0.6) is 0 Å². The fourth-order valence-electron chi connectivity index (χ4n) is 2.55. The van der Waals surface area contributed by atoms with Gasteiger partial charge in [-0.15, -0.1) is 0 Å². The van der Waals surface area contributed by atoms with Crippen molar-refractivity contribution in [2.24, 2.45) is 0 Å². The third-order valence-corrected chi connectivity index (χ3v) is 3.43. The van der Waals surface area contributed by atoms with Crippen molar-refractivity contribution in [3.63, 3.8) is 0 Å². The number of hydrogen-bond donors (Lipinski definition) is 0. The SMILES string of the molecule is CC(=O)OOC(=O)C1Cc2c1ccc1c2CC=C1. The Morgan fingerprint density at radius 3 is 2.83 bits per heavy atom. The van der Waals surface area contributed by atoms with E-state index in [1.165, 1.54) is 23.6 Å². The van der Waals surface area contributed by atoms with Crippen LogP contribution in [0.3, 0.4) is 0 Å². The Balaban J connectivity index is 1.76. The van der Waals surface area contributed by atoms with Gasteiger partial charge in [0.15, 0.2) is 0 Å². The molecule has 0 N–H and O–H groups in total. The summed E-state index contributed by atoms with van der Waals surface area (Å²) in [6, 6.07) is 3.97. The molecule has 0 radical (unpaired) electrons. The summed E-state index contributed by atoms with van der Waals surface area (Å²) in [5.74, 6) is -1.42. The topological polar surface area (TPSA) is 52.6 Å². The largest absolute Gasteiger partial charge is 0.363 e. The second-order valence-electron chi connectivity index (χ2n) is 4.54. The maximum Gasteiger partial charge on any atom is 0.363 e. The summed E-state index contributed by atoms with van der Waals surface area (Å²) in [7, 11) is 0. The third kappa shape index (κ3) is 1.61. The summed E-state index contributed by atoms with van der Waals surface area (Å²) in [6.07, 6.45) is 5.82. The van der Waals surface area contributed by atoms with Gasteiger partial charge in [-0.25, -0.2) is 19.4 Å². The van der Waals surface area contributed by atoms with Gasteiger partial charge in [0.1, 0.15) is 0 Å². The number of rotatable bonds is 1. The number of fused-ring (bicyclic) bond motifs is 3. The highest BCUT2D eigenvalue weighted by atomic mass is 17.2.